The van der Waals surface area contributed by atoms with Crippen molar-refractivity contribution in [3.63, 3.8) is 0 Å². The van der Waals surface area contributed by atoms with Gasteiger partial charge in [-0.15, -0.1) is 0 Å². The molecule has 0 aromatic heterocycles. The Labute approximate surface area is 101 Å². The molecule has 2 N–H and O–H groups in total. The fourth-order valence-electron chi connectivity index (χ4n) is 2.45. The highest BCUT2D eigenvalue weighted by atomic mass is 16.3. The smallest absolute Gasteiger partial charge is 0.317 e. The predicted octanol–water partition coefficient (Wildman–Crippen LogP) is 1.91. The van der Waals surface area contributed by atoms with Crippen LogP contribution in [-0.2, 0) is 0 Å². The van der Waals surface area contributed by atoms with Gasteiger partial charge in [-0.05, 0) is 31.0 Å². The molecule has 2 rings (SSSR count). The van der Waals surface area contributed by atoms with Crippen molar-refractivity contribution in [2.24, 2.45) is 0 Å². The van der Waals surface area contributed by atoms with E-state index in [9.17, 15) is 9.90 Å². The van der Waals surface area contributed by atoms with E-state index in [1.165, 1.54) is 5.56 Å². The van der Waals surface area contributed by atoms with Crippen LogP contribution >= 0.6 is 0 Å². The second-order valence-corrected chi connectivity index (χ2v) is 4.58. The van der Waals surface area contributed by atoms with E-state index in [1.807, 2.05) is 17.0 Å². The Bertz CT molecular complexity index is 402. The molecule has 1 saturated heterocycles. The first-order valence-corrected chi connectivity index (χ1v) is 5.89. The van der Waals surface area contributed by atoms with Gasteiger partial charge in [0.25, 0.3) is 0 Å². The zero-order valence-corrected chi connectivity index (χ0v) is 10.2. The molecule has 1 aliphatic heterocycles. The first-order chi connectivity index (χ1) is 8.11. The fraction of sp³-hybridized carbons (Fsp3) is 0.462. The average Bonchev–Trinajstić information content (AvgIpc) is 2.71. The lowest BCUT2D eigenvalue weighted by atomic mass is 9.97. The predicted molar refractivity (Wildman–Crippen MR) is 66.1 cm³/mol. The highest BCUT2D eigenvalue weighted by Gasteiger charge is 2.32. The number of carbonyl (C=O) groups excluding carboxylic acids is 1. The number of phenols is 1. The van der Waals surface area contributed by atoms with Gasteiger partial charge in [-0.3, -0.25) is 0 Å². The van der Waals surface area contributed by atoms with Crippen LogP contribution in [0.4, 0.5) is 4.79 Å². The van der Waals surface area contributed by atoms with Crippen LogP contribution in [0.15, 0.2) is 24.3 Å². The lowest BCUT2D eigenvalue weighted by molar-refractivity contribution is 0.198. The zero-order valence-electron chi connectivity index (χ0n) is 10.2. The molecule has 1 aliphatic rings. The maximum Gasteiger partial charge on any atom is 0.317 e. The average molecular weight is 234 g/mol. The molecule has 4 heteroatoms. The van der Waals surface area contributed by atoms with Gasteiger partial charge in [0, 0.05) is 25.6 Å². The third kappa shape index (κ3) is 2.35. The van der Waals surface area contributed by atoms with Gasteiger partial charge in [-0.25, -0.2) is 4.79 Å². The van der Waals surface area contributed by atoms with Crippen LogP contribution in [-0.4, -0.2) is 35.7 Å². The summed E-state index contributed by atoms with van der Waals surface area (Å²) in [4.78, 5) is 13.5. The summed E-state index contributed by atoms with van der Waals surface area (Å²) in [7, 11) is 1.66. The Morgan fingerprint density at radius 1 is 1.41 bits per heavy atom. The van der Waals surface area contributed by atoms with E-state index >= 15 is 0 Å². The van der Waals surface area contributed by atoms with Crippen molar-refractivity contribution < 1.29 is 9.90 Å². The van der Waals surface area contributed by atoms with Crippen LogP contribution in [0.25, 0.3) is 0 Å². The molecule has 2 amide bonds. The molecule has 0 saturated carbocycles. The summed E-state index contributed by atoms with van der Waals surface area (Å²) in [5.41, 5.74) is 1.18. The topological polar surface area (TPSA) is 52.6 Å². The molecule has 0 bridgehead atoms. The normalized spacial score (nSPS) is 23.8. The quantitative estimate of drug-likeness (QED) is 0.780. The van der Waals surface area contributed by atoms with Crippen molar-refractivity contribution in [2.45, 2.75) is 25.3 Å². The van der Waals surface area contributed by atoms with Gasteiger partial charge >= 0.3 is 6.03 Å². The van der Waals surface area contributed by atoms with E-state index in [2.05, 4.69) is 12.2 Å². The summed E-state index contributed by atoms with van der Waals surface area (Å²) in [6.07, 6.45) is 0.970. The van der Waals surface area contributed by atoms with E-state index in [4.69, 9.17) is 0 Å². The fourth-order valence-corrected chi connectivity index (χ4v) is 2.45. The van der Waals surface area contributed by atoms with Crippen molar-refractivity contribution in [1.29, 1.82) is 0 Å². The molecular formula is C13H18N2O2. The molecule has 0 spiro atoms. The Morgan fingerprint density at radius 3 is 2.65 bits per heavy atom. The van der Waals surface area contributed by atoms with Gasteiger partial charge < -0.3 is 15.3 Å². The Balaban J connectivity index is 2.10. The number of hydrogen-bond acceptors (Lipinski definition) is 2. The minimum atomic E-state index is -0.0150. The Hall–Kier alpha value is -1.71. The Morgan fingerprint density at radius 2 is 2.06 bits per heavy atom. The largest absolute Gasteiger partial charge is 0.508 e. The minimum Gasteiger partial charge on any atom is -0.508 e. The summed E-state index contributed by atoms with van der Waals surface area (Å²) in [5.74, 6) is 0.644. The number of carbonyl (C=O) groups is 1. The molecule has 92 valence electrons. The van der Waals surface area contributed by atoms with Crippen molar-refractivity contribution in [1.82, 2.24) is 10.2 Å². The summed E-state index contributed by atoms with van der Waals surface area (Å²) in [5, 5.41) is 11.9. The number of urea groups is 1. The molecule has 1 aromatic rings. The minimum absolute atomic E-state index is 0.0150. The lowest BCUT2D eigenvalue weighted by Crippen LogP contribution is -2.40. The van der Waals surface area contributed by atoms with Crippen molar-refractivity contribution in [2.75, 3.05) is 13.6 Å². The van der Waals surface area contributed by atoms with Gasteiger partial charge in [0.2, 0.25) is 0 Å². The van der Waals surface area contributed by atoms with Crippen LogP contribution in [0.3, 0.4) is 0 Å². The number of phenolic OH excluding ortho intramolecular Hbond substituents is 1. The molecule has 0 aliphatic carbocycles. The number of amides is 2. The molecular weight excluding hydrogens is 216 g/mol. The summed E-state index contributed by atoms with van der Waals surface area (Å²) < 4.78 is 0. The second kappa shape index (κ2) is 4.65. The number of aromatic hydroxyl groups is 1. The Kier molecular flexibility index (Phi) is 3.22. The third-order valence-electron chi connectivity index (χ3n) is 3.41. The molecule has 1 heterocycles. The summed E-state index contributed by atoms with van der Waals surface area (Å²) in [6.45, 7) is 2.81. The molecule has 1 fully saturated rings. The maximum absolute atomic E-state index is 11.6. The summed E-state index contributed by atoms with van der Waals surface area (Å²) >= 11 is 0. The molecule has 2 atom stereocenters. The van der Waals surface area contributed by atoms with E-state index in [0.717, 1.165) is 13.0 Å². The third-order valence-corrected chi connectivity index (χ3v) is 3.41. The van der Waals surface area contributed by atoms with Crippen molar-refractivity contribution in [3.8, 4) is 5.75 Å². The van der Waals surface area contributed by atoms with Crippen LogP contribution in [0, 0.1) is 0 Å². The molecule has 17 heavy (non-hydrogen) atoms. The number of likely N-dealkylation sites (tertiary alicyclic amines) is 1. The van der Waals surface area contributed by atoms with Crippen LogP contribution < -0.4 is 5.32 Å². The van der Waals surface area contributed by atoms with Gasteiger partial charge in [0.05, 0.1) is 0 Å². The first-order valence-electron chi connectivity index (χ1n) is 5.89. The first kappa shape index (κ1) is 11.8. The molecule has 2 unspecified atom stereocenters. The van der Waals surface area contributed by atoms with Crippen LogP contribution in [0.5, 0.6) is 5.75 Å². The highest BCUT2D eigenvalue weighted by Crippen LogP contribution is 2.32. The highest BCUT2D eigenvalue weighted by molar-refractivity contribution is 5.74. The lowest BCUT2D eigenvalue weighted by Gasteiger charge is -2.20. The summed E-state index contributed by atoms with van der Waals surface area (Å²) in [6, 6.07) is 7.50. The van der Waals surface area contributed by atoms with Crippen molar-refractivity contribution in [3.05, 3.63) is 29.8 Å². The van der Waals surface area contributed by atoms with E-state index in [-0.39, 0.29) is 17.8 Å². The van der Waals surface area contributed by atoms with E-state index < -0.39 is 0 Å². The van der Waals surface area contributed by atoms with Gasteiger partial charge in [0.1, 0.15) is 5.75 Å². The van der Waals surface area contributed by atoms with Gasteiger partial charge in [0.15, 0.2) is 0 Å². The molecule has 0 radical (unpaired) electrons. The number of nitrogens with one attached hydrogen (secondary N) is 1. The monoisotopic (exact) mass is 234 g/mol. The number of nitrogens with zero attached hydrogens (tertiary/aromatic N) is 1. The van der Waals surface area contributed by atoms with Gasteiger partial charge in [-0.2, -0.15) is 0 Å². The van der Waals surface area contributed by atoms with Crippen LogP contribution in [0.2, 0.25) is 0 Å². The molecule has 1 aromatic carbocycles. The van der Waals surface area contributed by atoms with Gasteiger partial charge in [-0.1, -0.05) is 12.1 Å². The number of benzene rings is 1. The number of hydrogen-bond donors (Lipinski definition) is 2. The number of rotatable bonds is 1. The SMILES string of the molecule is CNC(=O)N1CC(c2ccc(O)cc2)CC1C. The van der Waals surface area contributed by atoms with E-state index in [1.54, 1.807) is 19.2 Å². The maximum atomic E-state index is 11.6. The van der Waals surface area contributed by atoms with Crippen molar-refractivity contribution >= 4 is 6.03 Å². The second-order valence-electron chi connectivity index (χ2n) is 4.58. The zero-order chi connectivity index (χ0) is 12.4. The van der Waals surface area contributed by atoms with E-state index in [0.29, 0.717) is 5.92 Å². The van der Waals surface area contributed by atoms with Crippen LogP contribution in [0.1, 0.15) is 24.8 Å². The molecule has 4 nitrogen and oxygen atoms in total. The standard InChI is InChI=1S/C13H18N2O2/c1-9-7-11(8-15(9)13(17)14-2)10-3-5-12(16)6-4-10/h3-6,9,11,16H,7-8H2,1-2H3,(H,14,17).